The molecule has 0 saturated heterocycles. The van der Waals surface area contributed by atoms with Crippen molar-refractivity contribution >= 4 is 11.9 Å². The summed E-state index contributed by atoms with van der Waals surface area (Å²) >= 11 is 0. The van der Waals surface area contributed by atoms with Gasteiger partial charge in [-0.1, -0.05) is 24.3 Å². The Bertz CT molecular complexity index is 1110. The van der Waals surface area contributed by atoms with Crippen LogP contribution in [0, 0.1) is 19.8 Å². The molecule has 2 aromatic heterocycles. The molecule has 174 valence electrons. The maximum Gasteiger partial charge on any atom is 0.391 e. The molecular weight excluding hydrogens is 437 g/mol. The summed E-state index contributed by atoms with van der Waals surface area (Å²) in [5.41, 5.74) is 4.78. The topological polar surface area (TPSA) is 96.8 Å². The van der Waals surface area contributed by atoms with Crippen LogP contribution in [0.3, 0.4) is 0 Å². The van der Waals surface area contributed by atoms with Crippen LogP contribution in [-0.2, 0) is 6.54 Å². The normalized spacial score (nSPS) is 18.3. The van der Waals surface area contributed by atoms with E-state index in [1.807, 2.05) is 38.1 Å². The molecule has 3 aromatic rings. The molecule has 1 fully saturated rings. The Morgan fingerprint density at radius 1 is 1.15 bits per heavy atom. The van der Waals surface area contributed by atoms with E-state index in [1.54, 1.807) is 6.33 Å². The number of hydrogen-bond acceptors (Lipinski definition) is 5. The molecule has 2 amide bonds. The molecular formula is C22H24F3N6O2+. The number of rotatable bonds is 5. The van der Waals surface area contributed by atoms with Gasteiger partial charge in [-0.25, -0.2) is 14.8 Å². The van der Waals surface area contributed by atoms with Crippen molar-refractivity contribution in [2.75, 3.05) is 5.32 Å². The Hall–Kier alpha value is -3.50. The van der Waals surface area contributed by atoms with Crippen molar-refractivity contribution in [1.82, 2.24) is 20.6 Å². The third kappa shape index (κ3) is 5.47. The number of halogens is 3. The summed E-state index contributed by atoms with van der Waals surface area (Å²) in [6, 6.07) is 6.74. The predicted molar refractivity (Wildman–Crippen MR) is 112 cm³/mol. The lowest BCUT2D eigenvalue weighted by Gasteiger charge is -2.15. The van der Waals surface area contributed by atoms with E-state index < -0.39 is 24.2 Å². The first kappa shape index (κ1) is 22.7. The predicted octanol–water partition coefficient (Wildman–Crippen LogP) is 3.94. The maximum atomic E-state index is 12.8. The van der Waals surface area contributed by atoms with E-state index in [-0.39, 0.29) is 25.1 Å². The highest BCUT2D eigenvalue weighted by molar-refractivity contribution is 5.87. The summed E-state index contributed by atoms with van der Waals surface area (Å²) in [4.78, 5) is 20.6. The number of anilines is 1. The SMILES string of the molecule is Cc1ncnc(C)c1-c1ccc(C[n+]2cc(NC(=O)NC3CCC(C(F)(F)F)C3)on2)cc1. The quantitative estimate of drug-likeness (QED) is 0.561. The number of urea groups is 1. The molecule has 33 heavy (non-hydrogen) atoms. The Kier molecular flexibility index (Phi) is 6.30. The van der Waals surface area contributed by atoms with Crippen LogP contribution in [0.15, 0.2) is 41.3 Å². The second-order valence-corrected chi connectivity index (χ2v) is 8.23. The number of aromatic nitrogens is 4. The third-order valence-corrected chi connectivity index (χ3v) is 5.79. The Morgan fingerprint density at radius 2 is 1.85 bits per heavy atom. The zero-order valence-corrected chi connectivity index (χ0v) is 18.2. The smallest absolute Gasteiger partial charge is 0.335 e. The largest absolute Gasteiger partial charge is 0.391 e. The molecule has 2 unspecified atom stereocenters. The molecule has 1 aliphatic carbocycles. The average Bonchev–Trinajstić information content (AvgIpc) is 3.38. The van der Waals surface area contributed by atoms with Crippen molar-refractivity contribution in [3.8, 4) is 11.1 Å². The van der Waals surface area contributed by atoms with E-state index in [2.05, 4.69) is 25.9 Å². The number of hydrogen-bond donors (Lipinski definition) is 2. The minimum absolute atomic E-state index is 0.0198. The fraction of sp³-hybridized carbons (Fsp3) is 0.409. The molecule has 0 aliphatic heterocycles. The van der Waals surface area contributed by atoms with Crippen LogP contribution in [0.25, 0.3) is 11.1 Å². The van der Waals surface area contributed by atoms with Gasteiger partial charge in [0.2, 0.25) is 11.8 Å². The van der Waals surface area contributed by atoms with Gasteiger partial charge < -0.3 is 5.32 Å². The van der Waals surface area contributed by atoms with Gasteiger partial charge in [0.1, 0.15) is 6.33 Å². The average molecular weight is 461 g/mol. The van der Waals surface area contributed by atoms with Crippen molar-refractivity contribution in [3.05, 3.63) is 53.7 Å². The molecule has 2 heterocycles. The minimum atomic E-state index is -4.23. The van der Waals surface area contributed by atoms with E-state index in [4.69, 9.17) is 4.52 Å². The molecule has 2 N–H and O–H groups in total. The van der Waals surface area contributed by atoms with Gasteiger partial charge in [0, 0.05) is 28.6 Å². The molecule has 0 spiro atoms. The maximum absolute atomic E-state index is 12.8. The van der Waals surface area contributed by atoms with Gasteiger partial charge in [-0.15, -0.1) is 0 Å². The van der Waals surface area contributed by atoms with Gasteiger partial charge in [0.05, 0.1) is 5.92 Å². The van der Waals surface area contributed by atoms with Crippen LogP contribution in [0.2, 0.25) is 0 Å². The first-order valence-corrected chi connectivity index (χ1v) is 10.6. The molecule has 0 radical (unpaired) electrons. The lowest BCUT2D eigenvalue weighted by Crippen LogP contribution is -2.37. The zero-order chi connectivity index (χ0) is 23.6. The van der Waals surface area contributed by atoms with Gasteiger partial charge >= 0.3 is 18.1 Å². The standard InChI is InChI=1S/C22H23F3N6O2/c1-13-20(14(2)27-12-26-13)16-5-3-15(4-6-16)10-31-11-19(33-30-31)29-21(32)28-18-8-7-17(9-18)22(23,24)25/h3-6,11-12,17-18H,7-10H2,1-2H3,(H-,28,29,30,32)/p+1. The molecule has 1 aliphatic rings. The van der Waals surface area contributed by atoms with Crippen molar-refractivity contribution in [2.45, 2.75) is 51.9 Å². The fourth-order valence-corrected chi connectivity index (χ4v) is 4.13. The Balaban J connectivity index is 1.32. The van der Waals surface area contributed by atoms with Crippen LogP contribution in [0.4, 0.5) is 23.8 Å². The van der Waals surface area contributed by atoms with Crippen LogP contribution >= 0.6 is 0 Å². The first-order valence-electron chi connectivity index (χ1n) is 10.6. The van der Waals surface area contributed by atoms with Gasteiger partial charge in [-0.2, -0.15) is 13.2 Å². The van der Waals surface area contributed by atoms with Crippen molar-refractivity contribution in [1.29, 1.82) is 0 Å². The van der Waals surface area contributed by atoms with E-state index >= 15 is 0 Å². The summed E-state index contributed by atoms with van der Waals surface area (Å²) in [6.07, 6.45) is -0.974. The van der Waals surface area contributed by atoms with Gasteiger partial charge in [-0.3, -0.25) is 9.84 Å². The van der Waals surface area contributed by atoms with Crippen LogP contribution < -0.4 is 15.3 Å². The summed E-state index contributed by atoms with van der Waals surface area (Å²) < 4.78 is 45.0. The minimum Gasteiger partial charge on any atom is -0.335 e. The highest BCUT2D eigenvalue weighted by atomic mass is 19.4. The lowest BCUT2D eigenvalue weighted by atomic mass is 10.0. The van der Waals surface area contributed by atoms with E-state index in [0.29, 0.717) is 6.54 Å². The number of nitrogens with one attached hydrogen (secondary N) is 2. The molecule has 11 heteroatoms. The molecule has 1 aromatic carbocycles. The van der Waals surface area contributed by atoms with Crippen LogP contribution in [0.1, 0.15) is 36.2 Å². The molecule has 8 nitrogen and oxygen atoms in total. The number of carbonyl (C=O) groups excluding carboxylic acids is 1. The highest BCUT2D eigenvalue weighted by Gasteiger charge is 2.44. The van der Waals surface area contributed by atoms with Crippen molar-refractivity contribution in [3.63, 3.8) is 0 Å². The molecule has 2 atom stereocenters. The first-order chi connectivity index (χ1) is 15.7. The van der Waals surface area contributed by atoms with Gasteiger partial charge in [0.25, 0.3) is 6.20 Å². The van der Waals surface area contributed by atoms with E-state index in [1.165, 1.54) is 10.9 Å². The van der Waals surface area contributed by atoms with Crippen LogP contribution in [0.5, 0.6) is 0 Å². The van der Waals surface area contributed by atoms with Gasteiger partial charge in [0.15, 0.2) is 0 Å². The number of alkyl halides is 3. The molecule has 0 bridgehead atoms. The lowest BCUT2D eigenvalue weighted by molar-refractivity contribution is -0.754. The third-order valence-electron chi connectivity index (χ3n) is 5.79. The fourth-order valence-electron chi connectivity index (χ4n) is 4.13. The Morgan fingerprint density at radius 3 is 2.48 bits per heavy atom. The molecule has 1 saturated carbocycles. The number of aryl methyl sites for hydroxylation is 2. The van der Waals surface area contributed by atoms with E-state index in [0.717, 1.165) is 28.1 Å². The highest BCUT2D eigenvalue weighted by Crippen LogP contribution is 2.38. The molecule has 4 rings (SSSR count). The zero-order valence-electron chi connectivity index (χ0n) is 18.2. The summed E-state index contributed by atoms with van der Waals surface area (Å²) in [7, 11) is 0. The number of amides is 2. The monoisotopic (exact) mass is 461 g/mol. The number of benzene rings is 1. The summed E-state index contributed by atoms with van der Waals surface area (Å²) in [5.74, 6) is -1.27. The summed E-state index contributed by atoms with van der Waals surface area (Å²) in [5, 5.41) is 8.92. The second kappa shape index (κ2) is 9.16. The van der Waals surface area contributed by atoms with Crippen molar-refractivity contribution in [2.24, 2.45) is 5.92 Å². The van der Waals surface area contributed by atoms with Gasteiger partial charge in [-0.05, 0) is 43.4 Å². The Labute approximate surface area is 188 Å². The van der Waals surface area contributed by atoms with Crippen molar-refractivity contribution < 1.29 is 27.2 Å². The summed E-state index contributed by atoms with van der Waals surface area (Å²) in [6.45, 7) is 4.29. The number of nitrogens with zero attached hydrogens (tertiary/aromatic N) is 4. The second-order valence-electron chi connectivity index (χ2n) is 8.23. The van der Waals surface area contributed by atoms with E-state index in [9.17, 15) is 18.0 Å². The number of carbonyl (C=O) groups is 1. The van der Waals surface area contributed by atoms with Crippen LogP contribution in [-0.4, -0.2) is 33.5 Å².